The van der Waals surface area contributed by atoms with Crippen molar-refractivity contribution in [1.29, 1.82) is 0 Å². The van der Waals surface area contributed by atoms with Crippen LogP contribution in [-0.4, -0.2) is 29.1 Å². The van der Waals surface area contributed by atoms with Crippen molar-refractivity contribution >= 4 is 28.1 Å². The molecule has 0 N–H and O–H groups in total. The summed E-state index contributed by atoms with van der Waals surface area (Å²) in [6, 6.07) is 22.8. The minimum atomic E-state index is -1.29. The number of rotatable bonds is 12. The molecule has 7 heteroatoms. The van der Waals surface area contributed by atoms with Crippen molar-refractivity contribution in [2.45, 2.75) is 73.0 Å². The molecule has 0 aliphatic rings. The lowest BCUT2D eigenvalue weighted by Crippen LogP contribution is -2.09. The molecule has 220 valence electrons. The number of carbonyl (C=O) groups excluding carboxylic acids is 1. The number of benzene rings is 4. The fourth-order valence-corrected chi connectivity index (χ4v) is 7.92. The quantitative estimate of drug-likeness (QED) is 0.158. The van der Waals surface area contributed by atoms with E-state index in [1.165, 1.54) is 0 Å². The first kappa shape index (κ1) is 31.7. The van der Waals surface area contributed by atoms with Gasteiger partial charge in [0, 0.05) is 57.4 Å². The third-order valence-corrected chi connectivity index (χ3v) is 10.8. The van der Waals surface area contributed by atoms with E-state index < -0.39 is 22.4 Å². The Morgan fingerprint density at radius 2 is 0.905 bits per heavy atom. The topological polar surface area (TPSA) is 81.7 Å². The fourth-order valence-electron chi connectivity index (χ4n) is 5.28. The molecule has 0 aliphatic heterocycles. The molecule has 0 amide bonds. The molecule has 2 unspecified atom stereocenters. The van der Waals surface area contributed by atoms with E-state index in [2.05, 4.69) is 0 Å². The summed E-state index contributed by atoms with van der Waals surface area (Å²) >= 11 is -2.59. The van der Waals surface area contributed by atoms with Crippen LogP contribution in [0.25, 0.3) is 0 Å². The lowest BCUT2D eigenvalue weighted by molar-refractivity contribution is -0.119. The van der Waals surface area contributed by atoms with Crippen LogP contribution in [-0.2, 0) is 40.0 Å². The predicted octanol–water partition coefficient (Wildman–Crippen LogP) is 7.41. The highest BCUT2D eigenvalue weighted by atomic mass is 32.2. The number of aryl methyl sites for hydroxylation is 6. The van der Waals surface area contributed by atoms with Crippen LogP contribution in [0.1, 0.15) is 46.2 Å². The number of hydrogen-bond acceptors (Lipinski definition) is 5. The molecule has 0 spiro atoms. The maximum Gasteiger partial charge on any atom is 0.164 e. The summed E-state index contributed by atoms with van der Waals surface area (Å²) in [6.07, 6.45) is 2.20. The average molecular weight is 603 g/mol. The summed E-state index contributed by atoms with van der Waals surface area (Å²) in [6.45, 7) is 7.91. The minimum absolute atomic E-state index is 0.206. The van der Waals surface area contributed by atoms with E-state index in [-0.39, 0.29) is 5.78 Å². The van der Waals surface area contributed by atoms with Gasteiger partial charge >= 0.3 is 0 Å². The van der Waals surface area contributed by atoms with Crippen LogP contribution in [0.5, 0.6) is 11.5 Å². The Bertz CT molecular complexity index is 1370. The molecule has 0 bridgehead atoms. The Hall–Kier alpha value is -3.23. The van der Waals surface area contributed by atoms with Crippen molar-refractivity contribution in [3.8, 4) is 11.5 Å². The average Bonchev–Trinajstić information content (AvgIpc) is 2.98. The Balaban J connectivity index is 1.35. The number of methoxy groups -OCH3 is 2. The van der Waals surface area contributed by atoms with Gasteiger partial charge in [0.15, 0.2) is 19.6 Å². The molecular formula is C35H38O5S2. The van der Waals surface area contributed by atoms with E-state index in [9.17, 15) is 13.9 Å². The van der Waals surface area contributed by atoms with Gasteiger partial charge in [-0.05, 0) is 100 Å². The molecule has 0 heterocycles. The minimum Gasteiger partial charge on any atom is -0.606 e. The molecule has 42 heavy (non-hydrogen) atoms. The zero-order valence-corrected chi connectivity index (χ0v) is 26.7. The van der Waals surface area contributed by atoms with E-state index in [1.807, 2.05) is 100 Å². The summed E-state index contributed by atoms with van der Waals surface area (Å²) in [5.41, 5.74) is 6.00. The number of carbonyl (C=O) groups is 1. The highest BCUT2D eigenvalue weighted by Crippen LogP contribution is 2.31. The van der Waals surface area contributed by atoms with Gasteiger partial charge in [-0.25, -0.2) is 0 Å². The lowest BCUT2D eigenvalue weighted by Gasteiger charge is -2.16. The summed E-state index contributed by atoms with van der Waals surface area (Å²) in [5, 5.41) is 0. The molecular weight excluding hydrogens is 565 g/mol. The Labute approximate surface area is 255 Å². The molecule has 0 saturated heterocycles. The van der Waals surface area contributed by atoms with Crippen LogP contribution < -0.4 is 9.47 Å². The molecule has 0 fully saturated rings. The first-order valence-corrected chi connectivity index (χ1v) is 16.2. The van der Waals surface area contributed by atoms with Gasteiger partial charge in [0.1, 0.15) is 17.3 Å². The van der Waals surface area contributed by atoms with Gasteiger partial charge < -0.3 is 18.6 Å². The molecule has 0 radical (unpaired) electrons. The molecule has 0 aromatic heterocycles. The van der Waals surface area contributed by atoms with Crippen molar-refractivity contribution in [3.63, 3.8) is 0 Å². The van der Waals surface area contributed by atoms with E-state index in [0.717, 1.165) is 64.5 Å². The SMILES string of the molecule is COc1ccc([S+]([O-])c2c(C)cc(CCC(=O)CCc3cc(C)c([S+]([O-])c4ccc(OC)cc4)c(C)c3)cc2C)cc1. The summed E-state index contributed by atoms with van der Waals surface area (Å²) < 4.78 is 37.0. The maximum absolute atomic E-state index is 13.3. The van der Waals surface area contributed by atoms with Crippen molar-refractivity contribution in [2.75, 3.05) is 14.2 Å². The van der Waals surface area contributed by atoms with Crippen molar-refractivity contribution in [3.05, 3.63) is 106 Å². The predicted molar refractivity (Wildman–Crippen MR) is 169 cm³/mol. The summed E-state index contributed by atoms with van der Waals surface area (Å²) in [5.74, 6) is 1.66. The highest BCUT2D eigenvalue weighted by Gasteiger charge is 2.23. The van der Waals surface area contributed by atoms with Crippen LogP contribution in [0, 0.1) is 27.7 Å². The third-order valence-electron chi connectivity index (χ3n) is 7.34. The zero-order valence-electron chi connectivity index (χ0n) is 25.1. The van der Waals surface area contributed by atoms with Gasteiger partial charge in [-0.3, -0.25) is 4.79 Å². The Morgan fingerprint density at radius 3 is 1.19 bits per heavy atom. The van der Waals surface area contributed by atoms with Gasteiger partial charge in [0.25, 0.3) is 0 Å². The second-order valence-corrected chi connectivity index (χ2v) is 13.4. The van der Waals surface area contributed by atoms with Crippen molar-refractivity contribution < 1.29 is 23.4 Å². The van der Waals surface area contributed by atoms with Crippen molar-refractivity contribution in [2.24, 2.45) is 0 Å². The van der Waals surface area contributed by atoms with Crippen LogP contribution in [0.2, 0.25) is 0 Å². The monoisotopic (exact) mass is 602 g/mol. The van der Waals surface area contributed by atoms with E-state index in [1.54, 1.807) is 14.2 Å². The van der Waals surface area contributed by atoms with E-state index in [4.69, 9.17) is 9.47 Å². The molecule has 0 saturated carbocycles. The number of ketones is 1. The normalized spacial score (nSPS) is 12.6. The van der Waals surface area contributed by atoms with Crippen LogP contribution >= 0.6 is 0 Å². The second kappa shape index (κ2) is 14.3. The smallest absolute Gasteiger partial charge is 0.164 e. The third kappa shape index (κ3) is 7.58. The highest BCUT2D eigenvalue weighted by molar-refractivity contribution is 7.92. The summed E-state index contributed by atoms with van der Waals surface area (Å²) in [4.78, 5) is 15.9. The number of hydrogen-bond donors (Lipinski definition) is 0. The molecule has 4 aromatic rings. The molecule has 4 rings (SSSR count). The molecule has 0 aliphatic carbocycles. The van der Waals surface area contributed by atoms with Crippen LogP contribution in [0.15, 0.2) is 92.4 Å². The van der Waals surface area contributed by atoms with Gasteiger partial charge in [-0.1, -0.05) is 24.3 Å². The molecule has 5 nitrogen and oxygen atoms in total. The number of ether oxygens (including phenoxy) is 2. The fraction of sp³-hybridized carbons (Fsp3) is 0.286. The largest absolute Gasteiger partial charge is 0.606 e. The second-order valence-electron chi connectivity index (χ2n) is 10.5. The van der Waals surface area contributed by atoms with Crippen LogP contribution in [0.3, 0.4) is 0 Å². The Kier molecular flexibility index (Phi) is 10.8. The maximum atomic E-state index is 13.3. The van der Waals surface area contributed by atoms with Crippen LogP contribution in [0.4, 0.5) is 0 Å². The van der Waals surface area contributed by atoms with Gasteiger partial charge in [0.05, 0.1) is 14.2 Å². The summed E-state index contributed by atoms with van der Waals surface area (Å²) in [7, 11) is 3.22. The molecule has 2 atom stereocenters. The van der Waals surface area contributed by atoms with E-state index >= 15 is 0 Å². The first-order valence-electron chi connectivity index (χ1n) is 13.9. The lowest BCUT2D eigenvalue weighted by atomic mass is 9.98. The van der Waals surface area contributed by atoms with Gasteiger partial charge in [0.2, 0.25) is 0 Å². The Morgan fingerprint density at radius 1 is 0.595 bits per heavy atom. The van der Waals surface area contributed by atoms with Crippen molar-refractivity contribution in [1.82, 2.24) is 0 Å². The van der Waals surface area contributed by atoms with E-state index in [0.29, 0.717) is 25.7 Å². The zero-order chi connectivity index (χ0) is 30.4. The van der Waals surface area contributed by atoms with Gasteiger partial charge in [-0.15, -0.1) is 0 Å². The number of Topliss-reactive ketones (excluding diaryl/α,β-unsaturated/α-hetero) is 1. The van der Waals surface area contributed by atoms with Gasteiger partial charge in [-0.2, -0.15) is 0 Å². The first-order chi connectivity index (χ1) is 20.1. The standard InChI is InChI=1S/C35H38O5S2/c1-23-19-27(20-24(2)34(23)41(37)32-15-11-30(39-5)12-16-32)7-9-29(36)10-8-28-21-25(3)35(26(4)22-28)42(38)33-17-13-31(40-6)14-18-33/h11-22H,7-10H2,1-6H3. The molecule has 4 aromatic carbocycles.